The highest BCUT2D eigenvalue weighted by Crippen LogP contribution is 2.24. The zero-order chi connectivity index (χ0) is 14.7. The van der Waals surface area contributed by atoms with Gasteiger partial charge in [-0.05, 0) is 37.1 Å². The van der Waals surface area contributed by atoms with Crippen LogP contribution in [-0.4, -0.2) is 43.5 Å². The fraction of sp³-hybridized carbons (Fsp3) is 0.533. The fourth-order valence-corrected chi connectivity index (χ4v) is 2.81. The van der Waals surface area contributed by atoms with Gasteiger partial charge in [-0.2, -0.15) is 0 Å². The second-order valence-electron chi connectivity index (χ2n) is 5.33. The van der Waals surface area contributed by atoms with Gasteiger partial charge in [0.05, 0.1) is 22.7 Å². The van der Waals surface area contributed by atoms with Crippen molar-refractivity contribution in [3.8, 4) is 0 Å². The Labute approximate surface area is 129 Å². The number of ketones is 1. The summed E-state index contributed by atoms with van der Waals surface area (Å²) in [6.07, 6.45) is 1.25. The topological polar surface area (TPSA) is 29.5 Å². The molecule has 1 saturated heterocycles. The summed E-state index contributed by atoms with van der Waals surface area (Å²) >= 11 is 11.8. The Morgan fingerprint density at radius 1 is 1.40 bits per heavy atom. The Morgan fingerprint density at radius 3 is 2.80 bits per heavy atom. The van der Waals surface area contributed by atoms with E-state index in [0.29, 0.717) is 28.1 Å². The SMILES string of the molecule is COC1CN(CC(=O)c2ccc(Cl)c(Cl)c2)CCC1C. The number of nitrogens with zero attached hydrogens (tertiary/aromatic N) is 1. The van der Waals surface area contributed by atoms with Crippen molar-refractivity contribution in [1.29, 1.82) is 0 Å². The van der Waals surface area contributed by atoms with Crippen LogP contribution in [0.25, 0.3) is 0 Å². The van der Waals surface area contributed by atoms with Crippen LogP contribution in [0.3, 0.4) is 0 Å². The standard InChI is InChI=1S/C15H19Cl2NO2/c1-10-5-6-18(9-15(10)20-2)8-14(19)11-3-4-12(16)13(17)7-11/h3-4,7,10,15H,5-6,8-9H2,1-2H3. The van der Waals surface area contributed by atoms with Crippen molar-refractivity contribution in [3.63, 3.8) is 0 Å². The molecule has 1 fully saturated rings. The first-order valence-corrected chi connectivity index (χ1v) is 7.50. The number of likely N-dealkylation sites (tertiary alicyclic amines) is 1. The maximum atomic E-state index is 12.3. The highest BCUT2D eigenvalue weighted by Gasteiger charge is 2.27. The average molecular weight is 316 g/mol. The summed E-state index contributed by atoms with van der Waals surface area (Å²) in [5, 5.41) is 0.883. The third kappa shape index (κ3) is 3.73. The zero-order valence-corrected chi connectivity index (χ0v) is 13.2. The maximum absolute atomic E-state index is 12.3. The number of benzene rings is 1. The minimum Gasteiger partial charge on any atom is -0.380 e. The van der Waals surface area contributed by atoms with Gasteiger partial charge in [-0.1, -0.05) is 30.1 Å². The van der Waals surface area contributed by atoms with Crippen LogP contribution in [0.4, 0.5) is 0 Å². The number of rotatable bonds is 4. The second-order valence-corrected chi connectivity index (χ2v) is 6.14. The van der Waals surface area contributed by atoms with E-state index in [0.717, 1.165) is 19.5 Å². The number of carbonyl (C=O) groups is 1. The molecule has 2 rings (SSSR count). The molecular formula is C15H19Cl2NO2. The number of ether oxygens (including phenoxy) is 1. The molecule has 1 aliphatic rings. The Bertz CT molecular complexity index is 493. The molecule has 0 bridgehead atoms. The average Bonchev–Trinajstić information content (AvgIpc) is 2.43. The molecule has 0 N–H and O–H groups in total. The summed E-state index contributed by atoms with van der Waals surface area (Å²) in [5.74, 6) is 0.601. The largest absolute Gasteiger partial charge is 0.380 e. The van der Waals surface area contributed by atoms with Crippen LogP contribution in [0, 0.1) is 5.92 Å². The molecular weight excluding hydrogens is 297 g/mol. The van der Waals surface area contributed by atoms with Crippen molar-refractivity contribution in [2.24, 2.45) is 5.92 Å². The molecule has 2 atom stereocenters. The summed E-state index contributed by atoms with van der Waals surface area (Å²) in [4.78, 5) is 14.4. The molecule has 0 amide bonds. The molecule has 1 aliphatic heterocycles. The molecule has 0 saturated carbocycles. The van der Waals surface area contributed by atoms with Gasteiger partial charge in [0.1, 0.15) is 0 Å². The normalized spacial score (nSPS) is 23.8. The molecule has 3 nitrogen and oxygen atoms in total. The van der Waals surface area contributed by atoms with Gasteiger partial charge in [0.15, 0.2) is 5.78 Å². The van der Waals surface area contributed by atoms with Crippen molar-refractivity contribution in [2.75, 3.05) is 26.7 Å². The Hall–Kier alpha value is -0.610. The maximum Gasteiger partial charge on any atom is 0.176 e. The van der Waals surface area contributed by atoms with Gasteiger partial charge in [0.25, 0.3) is 0 Å². The highest BCUT2D eigenvalue weighted by molar-refractivity contribution is 6.42. The summed E-state index contributed by atoms with van der Waals surface area (Å²) in [5.41, 5.74) is 0.604. The van der Waals surface area contributed by atoms with Crippen LogP contribution >= 0.6 is 23.2 Å². The Kier molecular flexibility index (Phi) is 5.44. The summed E-state index contributed by atoms with van der Waals surface area (Å²) in [7, 11) is 1.73. The lowest BCUT2D eigenvalue weighted by molar-refractivity contribution is -0.00324. The Balaban J connectivity index is 1.99. The van der Waals surface area contributed by atoms with Crippen molar-refractivity contribution >= 4 is 29.0 Å². The molecule has 20 heavy (non-hydrogen) atoms. The number of hydrogen-bond acceptors (Lipinski definition) is 3. The number of piperidine rings is 1. The van der Waals surface area contributed by atoms with Gasteiger partial charge < -0.3 is 4.74 Å². The van der Waals surface area contributed by atoms with Gasteiger partial charge >= 0.3 is 0 Å². The minimum absolute atomic E-state index is 0.0629. The minimum atomic E-state index is 0.0629. The van der Waals surface area contributed by atoms with E-state index in [2.05, 4.69) is 11.8 Å². The van der Waals surface area contributed by atoms with Gasteiger partial charge in [-0.15, -0.1) is 0 Å². The molecule has 0 spiro atoms. The van der Waals surface area contributed by atoms with Crippen LogP contribution in [0.15, 0.2) is 18.2 Å². The van der Waals surface area contributed by atoms with Crippen molar-refractivity contribution in [3.05, 3.63) is 33.8 Å². The van der Waals surface area contributed by atoms with Crippen molar-refractivity contribution in [1.82, 2.24) is 4.90 Å². The summed E-state index contributed by atoms with van der Waals surface area (Å²) in [6.45, 7) is 4.30. The number of methoxy groups -OCH3 is 1. The zero-order valence-electron chi connectivity index (χ0n) is 11.7. The fourth-order valence-electron chi connectivity index (χ4n) is 2.51. The number of carbonyl (C=O) groups excluding carboxylic acids is 1. The van der Waals surface area contributed by atoms with E-state index in [1.807, 2.05) is 0 Å². The quantitative estimate of drug-likeness (QED) is 0.796. The monoisotopic (exact) mass is 315 g/mol. The summed E-state index contributed by atoms with van der Waals surface area (Å²) in [6, 6.07) is 5.01. The highest BCUT2D eigenvalue weighted by atomic mass is 35.5. The van der Waals surface area contributed by atoms with E-state index in [1.165, 1.54) is 0 Å². The van der Waals surface area contributed by atoms with Gasteiger partial charge in [0, 0.05) is 19.2 Å². The molecule has 1 aromatic carbocycles. The Morgan fingerprint density at radius 2 is 2.15 bits per heavy atom. The lowest BCUT2D eigenvalue weighted by Crippen LogP contribution is -2.45. The van der Waals surface area contributed by atoms with Gasteiger partial charge in [-0.25, -0.2) is 0 Å². The smallest absolute Gasteiger partial charge is 0.176 e. The molecule has 110 valence electrons. The molecule has 2 unspecified atom stereocenters. The van der Waals surface area contributed by atoms with E-state index >= 15 is 0 Å². The predicted octanol–water partition coefficient (Wildman–Crippen LogP) is 3.53. The van der Waals surface area contributed by atoms with Crippen molar-refractivity contribution in [2.45, 2.75) is 19.4 Å². The third-order valence-corrected chi connectivity index (χ3v) is 4.62. The lowest BCUT2D eigenvalue weighted by atomic mass is 9.95. The molecule has 5 heteroatoms. The first kappa shape index (κ1) is 15.8. The predicted molar refractivity (Wildman–Crippen MR) is 81.8 cm³/mol. The van der Waals surface area contributed by atoms with Crippen LogP contribution in [0.5, 0.6) is 0 Å². The van der Waals surface area contributed by atoms with Crippen LogP contribution in [-0.2, 0) is 4.74 Å². The first-order chi connectivity index (χ1) is 9.51. The van der Waals surface area contributed by atoms with Crippen LogP contribution < -0.4 is 0 Å². The van der Waals surface area contributed by atoms with E-state index in [9.17, 15) is 4.79 Å². The molecule has 1 heterocycles. The van der Waals surface area contributed by atoms with Crippen LogP contribution in [0.1, 0.15) is 23.7 Å². The number of halogens is 2. The van der Waals surface area contributed by atoms with E-state index in [-0.39, 0.29) is 11.9 Å². The number of hydrogen-bond donors (Lipinski definition) is 0. The van der Waals surface area contributed by atoms with E-state index in [1.54, 1.807) is 25.3 Å². The third-order valence-electron chi connectivity index (χ3n) is 3.89. The first-order valence-electron chi connectivity index (χ1n) is 6.74. The van der Waals surface area contributed by atoms with Gasteiger partial charge in [0.2, 0.25) is 0 Å². The van der Waals surface area contributed by atoms with E-state index < -0.39 is 0 Å². The lowest BCUT2D eigenvalue weighted by Gasteiger charge is -2.35. The second kappa shape index (κ2) is 6.90. The van der Waals surface area contributed by atoms with Crippen LogP contribution in [0.2, 0.25) is 10.0 Å². The van der Waals surface area contributed by atoms with Crippen molar-refractivity contribution < 1.29 is 9.53 Å². The number of Topliss-reactive ketones (excluding diaryl/α,β-unsaturated/α-hetero) is 1. The van der Waals surface area contributed by atoms with Gasteiger partial charge in [-0.3, -0.25) is 9.69 Å². The van der Waals surface area contributed by atoms with E-state index in [4.69, 9.17) is 27.9 Å². The molecule has 0 aliphatic carbocycles. The molecule has 0 radical (unpaired) electrons. The molecule has 1 aromatic rings. The summed E-state index contributed by atoms with van der Waals surface area (Å²) < 4.78 is 5.46. The molecule has 0 aromatic heterocycles.